The fourth-order valence-electron chi connectivity index (χ4n) is 3.28. The standard InChI is InChI=1S/C17H18ClF3N4/c1-8-9(2)11(4)15-13(10(8)3)14(18)16(17(19,20)21)25(15)6-12-22-7-24(5)23-12/h7H,6H2,1-5H3. The van der Waals surface area contributed by atoms with Crippen LogP contribution in [0.1, 0.15) is 33.8 Å². The van der Waals surface area contributed by atoms with Crippen LogP contribution in [0.4, 0.5) is 13.2 Å². The average Bonchev–Trinajstić information content (AvgIpc) is 3.04. The van der Waals surface area contributed by atoms with Crippen LogP contribution in [0.3, 0.4) is 0 Å². The molecule has 0 bridgehead atoms. The van der Waals surface area contributed by atoms with Gasteiger partial charge in [0.1, 0.15) is 12.0 Å². The van der Waals surface area contributed by atoms with Crippen LogP contribution in [-0.2, 0) is 19.8 Å². The van der Waals surface area contributed by atoms with E-state index in [1.54, 1.807) is 14.0 Å². The fourth-order valence-corrected chi connectivity index (χ4v) is 3.72. The van der Waals surface area contributed by atoms with E-state index in [0.29, 0.717) is 16.7 Å². The molecule has 134 valence electrons. The van der Waals surface area contributed by atoms with Crippen LogP contribution in [-0.4, -0.2) is 19.3 Å². The van der Waals surface area contributed by atoms with Gasteiger partial charge in [-0.1, -0.05) is 11.6 Å². The molecule has 0 aliphatic rings. The SMILES string of the molecule is Cc1c(C)c(C)c2c(c1C)c(Cl)c(C(F)(F)F)n2Cc1ncn(C)n1. The van der Waals surface area contributed by atoms with Gasteiger partial charge in [0, 0.05) is 12.4 Å². The molecular formula is C17H18ClF3N4. The highest BCUT2D eigenvalue weighted by Crippen LogP contribution is 2.44. The lowest BCUT2D eigenvalue weighted by atomic mass is 9.95. The van der Waals surface area contributed by atoms with Crippen LogP contribution in [0, 0.1) is 27.7 Å². The molecule has 0 saturated carbocycles. The number of aryl methyl sites for hydroxylation is 3. The molecule has 2 aromatic heterocycles. The molecule has 0 unspecified atom stereocenters. The normalized spacial score (nSPS) is 12.4. The molecule has 25 heavy (non-hydrogen) atoms. The van der Waals surface area contributed by atoms with E-state index in [2.05, 4.69) is 10.1 Å². The van der Waals surface area contributed by atoms with Gasteiger partial charge in [0.05, 0.1) is 17.1 Å². The zero-order valence-corrected chi connectivity index (χ0v) is 15.3. The van der Waals surface area contributed by atoms with Crippen molar-refractivity contribution in [1.82, 2.24) is 19.3 Å². The van der Waals surface area contributed by atoms with E-state index in [4.69, 9.17) is 11.6 Å². The summed E-state index contributed by atoms with van der Waals surface area (Å²) in [6, 6.07) is 0. The minimum Gasteiger partial charge on any atom is -0.328 e. The van der Waals surface area contributed by atoms with Gasteiger partial charge in [-0.3, -0.25) is 4.68 Å². The molecule has 0 fully saturated rings. The van der Waals surface area contributed by atoms with Crippen molar-refractivity contribution in [2.75, 3.05) is 0 Å². The van der Waals surface area contributed by atoms with E-state index >= 15 is 0 Å². The van der Waals surface area contributed by atoms with Gasteiger partial charge in [0.25, 0.3) is 0 Å². The first-order chi connectivity index (χ1) is 11.5. The fraction of sp³-hybridized carbons (Fsp3) is 0.412. The Bertz CT molecular complexity index is 983. The predicted molar refractivity (Wildman–Crippen MR) is 91.0 cm³/mol. The van der Waals surface area contributed by atoms with E-state index in [1.807, 2.05) is 20.8 Å². The van der Waals surface area contributed by atoms with Crippen molar-refractivity contribution in [1.29, 1.82) is 0 Å². The van der Waals surface area contributed by atoms with Crippen LogP contribution >= 0.6 is 11.6 Å². The predicted octanol–water partition coefficient (Wildman–Crippen LogP) is 4.72. The summed E-state index contributed by atoms with van der Waals surface area (Å²) in [5.74, 6) is 0.303. The molecule has 0 N–H and O–H groups in total. The number of benzene rings is 1. The second-order valence-corrected chi connectivity index (χ2v) is 6.68. The Kier molecular flexibility index (Phi) is 4.10. The molecule has 0 amide bonds. The summed E-state index contributed by atoms with van der Waals surface area (Å²) in [6.45, 7) is 7.34. The zero-order valence-electron chi connectivity index (χ0n) is 14.6. The Morgan fingerprint density at radius 3 is 2.16 bits per heavy atom. The summed E-state index contributed by atoms with van der Waals surface area (Å²) in [7, 11) is 1.67. The molecule has 0 spiro atoms. The van der Waals surface area contributed by atoms with Crippen LogP contribution in [0.15, 0.2) is 6.33 Å². The molecule has 0 aliphatic heterocycles. The van der Waals surface area contributed by atoms with Crippen LogP contribution < -0.4 is 0 Å². The molecule has 1 aromatic carbocycles. The molecule has 0 radical (unpaired) electrons. The summed E-state index contributed by atoms with van der Waals surface area (Å²) in [5.41, 5.74) is 3.10. The Balaban J connectivity index is 2.43. The second kappa shape index (κ2) is 5.76. The molecule has 8 heteroatoms. The Morgan fingerprint density at radius 1 is 1.04 bits per heavy atom. The number of rotatable bonds is 2. The number of aromatic nitrogens is 4. The summed E-state index contributed by atoms with van der Waals surface area (Å²) >= 11 is 6.23. The number of hydrogen-bond acceptors (Lipinski definition) is 2. The monoisotopic (exact) mass is 370 g/mol. The van der Waals surface area contributed by atoms with Crippen LogP contribution in [0.2, 0.25) is 5.02 Å². The van der Waals surface area contributed by atoms with Crippen LogP contribution in [0.25, 0.3) is 10.9 Å². The van der Waals surface area contributed by atoms with Gasteiger partial charge >= 0.3 is 6.18 Å². The first-order valence-electron chi connectivity index (χ1n) is 7.73. The molecule has 3 rings (SSSR count). The lowest BCUT2D eigenvalue weighted by Gasteiger charge is -2.15. The molecule has 3 aromatic rings. The Hall–Kier alpha value is -2.02. The lowest BCUT2D eigenvalue weighted by molar-refractivity contribution is -0.143. The molecule has 0 atom stereocenters. The lowest BCUT2D eigenvalue weighted by Crippen LogP contribution is -2.16. The molecule has 4 nitrogen and oxygen atoms in total. The first kappa shape index (κ1) is 17.8. The number of halogens is 4. The summed E-state index contributed by atoms with van der Waals surface area (Å²) < 4.78 is 44.0. The van der Waals surface area contributed by atoms with Crippen molar-refractivity contribution >= 4 is 22.5 Å². The third-order valence-electron chi connectivity index (χ3n) is 4.84. The molecule has 0 saturated heterocycles. The van der Waals surface area contributed by atoms with Crippen molar-refractivity contribution in [3.8, 4) is 0 Å². The molecule has 2 heterocycles. The van der Waals surface area contributed by atoms with Crippen molar-refractivity contribution in [2.45, 2.75) is 40.4 Å². The first-order valence-corrected chi connectivity index (χ1v) is 8.11. The van der Waals surface area contributed by atoms with E-state index < -0.39 is 11.9 Å². The van der Waals surface area contributed by atoms with Gasteiger partial charge in [-0.2, -0.15) is 18.3 Å². The minimum absolute atomic E-state index is 0.0956. The van der Waals surface area contributed by atoms with Gasteiger partial charge in [-0.05, 0) is 49.9 Å². The van der Waals surface area contributed by atoms with E-state index in [1.165, 1.54) is 15.6 Å². The van der Waals surface area contributed by atoms with E-state index in [-0.39, 0.29) is 11.6 Å². The number of hydrogen-bond donors (Lipinski definition) is 0. The maximum Gasteiger partial charge on any atom is 0.432 e. The highest BCUT2D eigenvalue weighted by molar-refractivity contribution is 6.37. The number of fused-ring (bicyclic) bond motifs is 1. The Labute approximate surface area is 148 Å². The second-order valence-electron chi connectivity index (χ2n) is 6.30. The van der Waals surface area contributed by atoms with Crippen molar-refractivity contribution in [2.24, 2.45) is 7.05 Å². The smallest absolute Gasteiger partial charge is 0.328 e. The van der Waals surface area contributed by atoms with Crippen LogP contribution in [0.5, 0.6) is 0 Å². The number of nitrogens with zero attached hydrogens (tertiary/aromatic N) is 4. The topological polar surface area (TPSA) is 35.6 Å². The quantitative estimate of drug-likeness (QED) is 0.654. The highest BCUT2D eigenvalue weighted by Gasteiger charge is 2.40. The maximum atomic E-state index is 13.8. The van der Waals surface area contributed by atoms with E-state index in [0.717, 1.165) is 22.3 Å². The van der Waals surface area contributed by atoms with Crippen molar-refractivity contribution < 1.29 is 13.2 Å². The highest BCUT2D eigenvalue weighted by atomic mass is 35.5. The number of alkyl halides is 3. The van der Waals surface area contributed by atoms with Gasteiger partial charge in [-0.25, -0.2) is 4.98 Å². The molecule has 0 aliphatic carbocycles. The van der Waals surface area contributed by atoms with Crippen molar-refractivity contribution in [3.05, 3.63) is 45.1 Å². The minimum atomic E-state index is -4.58. The maximum absolute atomic E-state index is 13.8. The largest absolute Gasteiger partial charge is 0.432 e. The van der Waals surface area contributed by atoms with Gasteiger partial charge < -0.3 is 4.57 Å². The van der Waals surface area contributed by atoms with E-state index in [9.17, 15) is 13.2 Å². The summed E-state index contributed by atoms with van der Waals surface area (Å²) in [5, 5.41) is 4.30. The zero-order chi connectivity index (χ0) is 18.7. The van der Waals surface area contributed by atoms with Gasteiger partial charge in [0.2, 0.25) is 0 Å². The third kappa shape index (κ3) is 2.70. The van der Waals surface area contributed by atoms with Gasteiger partial charge in [-0.15, -0.1) is 0 Å². The van der Waals surface area contributed by atoms with Crippen molar-refractivity contribution in [3.63, 3.8) is 0 Å². The van der Waals surface area contributed by atoms with Gasteiger partial charge in [0.15, 0.2) is 5.82 Å². The summed E-state index contributed by atoms with van der Waals surface area (Å²) in [6.07, 6.45) is -3.12. The summed E-state index contributed by atoms with van der Waals surface area (Å²) in [4.78, 5) is 4.06. The molecular weight excluding hydrogens is 353 g/mol. The Morgan fingerprint density at radius 2 is 1.64 bits per heavy atom. The third-order valence-corrected chi connectivity index (χ3v) is 5.20. The average molecular weight is 371 g/mol.